The molecule has 1 unspecified atom stereocenters. The highest BCUT2D eigenvalue weighted by Gasteiger charge is 2.31. The van der Waals surface area contributed by atoms with Crippen LogP contribution in [0.25, 0.3) is 0 Å². The van der Waals surface area contributed by atoms with Gasteiger partial charge in [-0.25, -0.2) is 0 Å². The summed E-state index contributed by atoms with van der Waals surface area (Å²) >= 11 is 0. The molecule has 0 amide bonds. The van der Waals surface area contributed by atoms with Crippen molar-refractivity contribution in [3.05, 3.63) is 112 Å². The third-order valence-corrected chi connectivity index (χ3v) is 7.00. The van der Waals surface area contributed by atoms with Crippen molar-refractivity contribution in [1.82, 2.24) is 9.47 Å². The van der Waals surface area contributed by atoms with Crippen molar-refractivity contribution in [2.45, 2.75) is 26.4 Å². The van der Waals surface area contributed by atoms with Gasteiger partial charge in [-0.1, -0.05) is 30.3 Å². The van der Waals surface area contributed by atoms with Gasteiger partial charge in [-0.05, 0) is 61.9 Å². The molecule has 0 aliphatic carbocycles. The Kier molecular flexibility index (Phi) is 7.32. The van der Waals surface area contributed by atoms with Crippen LogP contribution in [0.4, 0.5) is 5.69 Å². The van der Waals surface area contributed by atoms with Crippen LogP contribution in [0.5, 0.6) is 11.5 Å². The second kappa shape index (κ2) is 11.0. The summed E-state index contributed by atoms with van der Waals surface area (Å²) in [6.45, 7) is 7.82. The van der Waals surface area contributed by atoms with E-state index in [4.69, 9.17) is 9.15 Å². The van der Waals surface area contributed by atoms with Crippen molar-refractivity contribution >= 4 is 5.69 Å². The quantitative estimate of drug-likeness (QED) is 0.375. The molecule has 4 aromatic rings. The molecular weight excluding hydrogens is 466 g/mol. The van der Waals surface area contributed by atoms with Gasteiger partial charge in [0.1, 0.15) is 17.3 Å². The van der Waals surface area contributed by atoms with Crippen LogP contribution in [0, 0.1) is 6.92 Å². The minimum Gasteiger partial charge on any atom is -0.507 e. The Hall–Kier alpha value is -3.97. The first kappa shape index (κ1) is 24.7. The third kappa shape index (κ3) is 5.27. The lowest BCUT2D eigenvalue weighted by molar-refractivity contribution is 0.207. The summed E-state index contributed by atoms with van der Waals surface area (Å²) in [5.74, 6) is 1.49. The van der Waals surface area contributed by atoms with E-state index in [1.807, 2.05) is 56.3 Å². The fourth-order valence-corrected chi connectivity index (χ4v) is 5.13. The number of hydrogen-bond donors (Lipinski definition) is 1. The highest BCUT2D eigenvalue weighted by atomic mass is 16.5. The first-order chi connectivity index (χ1) is 18.0. The topological polar surface area (TPSA) is 71.1 Å². The van der Waals surface area contributed by atoms with E-state index in [1.165, 1.54) is 5.69 Å². The van der Waals surface area contributed by atoms with Crippen molar-refractivity contribution in [2.24, 2.45) is 0 Å². The molecule has 192 valence electrons. The predicted octanol–water partition coefficient (Wildman–Crippen LogP) is 4.81. The minimum absolute atomic E-state index is 0.0163. The van der Waals surface area contributed by atoms with Gasteiger partial charge in [0.25, 0.3) is 5.56 Å². The Morgan fingerprint density at radius 3 is 2.35 bits per heavy atom. The van der Waals surface area contributed by atoms with Gasteiger partial charge < -0.3 is 23.7 Å². The van der Waals surface area contributed by atoms with Crippen molar-refractivity contribution in [3.63, 3.8) is 0 Å². The Morgan fingerprint density at radius 1 is 0.973 bits per heavy atom. The number of ether oxygens (including phenoxy) is 1. The SMILES string of the molecule is CCOc1ccc(C(c2c(O)cc(C)n(Cc3ccco3)c2=O)N2CCN(c3ccccc3)CC2)cc1. The number of aromatic hydroxyl groups is 1. The monoisotopic (exact) mass is 499 g/mol. The fourth-order valence-electron chi connectivity index (χ4n) is 5.13. The molecule has 0 bridgehead atoms. The van der Waals surface area contributed by atoms with Gasteiger partial charge in [0.15, 0.2) is 0 Å². The van der Waals surface area contributed by atoms with E-state index in [-0.39, 0.29) is 11.3 Å². The average Bonchev–Trinajstić information content (AvgIpc) is 3.44. The zero-order valence-corrected chi connectivity index (χ0v) is 21.3. The third-order valence-electron chi connectivity index (χ3n) is 7.00. The van der Waals surface area contributed by atoms with Crippen LogP contribution in [0.3, 0.4) is 0 Å². The standard InChI is InChI=1S/C30H33N3O4/c1-3-36-25-13-11-23(12-14-25)29(32-17-15-31(16-18-32)24-8-5-4-6-9-24)28-27(34)20-22(2)33(30(28)35)21-26-10-7-19-37-26/h4-14,19-20,29,34H,3,15-18,21H2,1-2H3. The van der Waals surface area contributed by atoms with Crippen LogP contribution < -0.4 is 15.2 Å². The smallest absolute Gasteiger partial charge is 0.260 e. The van der Waals surface area contributed by atoms with Gasteiger partial charge in [0.2, 0.25) is 0 Å². The molecule has 0 radical (unpaired) electrons. The number of anilines is 1. The summed E-state index contributed by atoms with van der Waals surface area (Å²) in [6, 6.07) is 23.2. The second-order valence-electron chi connectivity index (χ2n) is 9.32. The van der Waals surface area contributed by atoms with E-state index < -0.39 is 6.04 Å². The Balaban J connectivity index is 1.53. The summed E-state index contributed by atoms with van der Waals surface area (Å²) in [5, 5.41) is 11.2. The van der Waals surface area contributed by atoms with Crippen LogP contribution in [-0.4, -0.2) is 47.4 Å². The number of nitrogens with zero attached hydrogens (tertiary/aromatic N) is 3. The number of pyridine rings is 1. The number of piperazine rings is 1. The highest BCUT2D eigenvalue weighted by Crippen LogP contribution is 2.34. The minimum atomic E-state index is -0.399. The summed E-state index contributed by atoms with van der Waals surface area (Å²) in [6.07, 6.45) is 1.60. The lowest BCUT2D eigenvalue weighted by Crippen LogP contribution is -2.49. The van der Waals surface area contributed by atoms with E-state index in [2.05, 4.69) is 34.1 Å². The first-order valence-electron chi connectivity index (χ1n) is 12.8. The molecule has 7 nitrogen and oxygen atoms in total. The Morgan fingerprint density at radius 2 is 1.70 bits per heavy atom. The van der Waals surface area contributed by atoms with Gasteiger partial charge in [-0.2, -0.15) is 0 Å². The molecule has 1 aliphatic rings. The van der Waals surface area contributed by atoms with Crippen LogP contribution >= 0.6 is 0 Å². The molecule has 2 aromatic carbocycles. The maximum absolute atomic E-state index is 13.9. The summed E-state index contributed by atoms with van der Waals surface area (Å²) in [7, 11) is 0. The number of rotatable bonds is 8. The fraction of sp³-hybridized carbons (Fsp3) is 0.300. The number of furan rings is 1. The Bertz CT molecular complexity index is 1360. The summed E-state index contributed by atoms with van der Waals surface area (Å²) in [5.41, 5.74) is 2.99. The van der Waals surface area contributed by atoms with Crippen LogP contribution in [0.2, 0.25) is 0 Å². The zero-order chi connectivity index (χ0) is 25.8. The number of aryl methyl sites for hydroxylation is 1. The molecule has 1 saturated heterocycles. The van der Waals surface area contributed by atoms with Gasteiger partial charge in [-0.15, -0.1) is 0 Å². The lowest BCUT2D eigenvalue weighted by atomic mass is 9.95. The molecule has 3 heterocycles. The number of aromatic nitrogens is 1. The predicted molar refractivity (Wildman–Crippen MR) is 145 cm³/mol. The van der Waals surface area contributed by atoms with E-state index in [1.54, 1.807) is 16.9 Å². The molecular formula is C30H33N3O4. The maximum Gasteiger partial charge on any atom is 0.260 e. The largest absolute Gasteiger partial charge is 0.507 e. The second-order valence-corrected chi connectivity index (χ2v) is 9.32. The van der Waals surface area contributed by atoms with Crippen LogP contribution in [0.1, 0.15) is 35.5 Å². The first-order valence-corrected chi connectivity index (χ1v) is 12.8. The summed E-state index contributed by atoms with van der Waals surface area (Å²) < 4.78 is 12.8. The zero-order valence-electron chi connectivity index (χ0n) is 21.3. The molecule has 7 heteroatoms. The molecule has 0 saturated carbocycles. The number of para-hydroxylation sites is 1. The van der Waals surface area contributed by atoms with Crippen molar-refractivity contribution < 1.29 is 14.3 Å². The van der Waals surface area contributed by atoms with E-state index in [0.717, 1.165) is 37.5 Å². The normalized spacial score (nSPS) is 15.0. The van der Waals surface area contributed by atoms with Crippen LogP contribution in [0.15, 0.2) is 88.3 Å². The molecule has 1 aliphatic heterocycles. The van der Waals surface area contributed by atoms with Crippen LogP contribution in [-0.2, 0) is 6.54 Å². The number of hydrogen-bond acceptors (Lipinski definition) is 6. The van der Waals surface area contributed by atoms with Gasteiger partial charge in [0.05, 0.1) is 31.0 Å². The average molecular weight is 500 g/mol. The maximum atomic E-state index is 13.9. The summed E-state index contributed by atoms with van der Waals surface area (Å²) in [4.78, 5) is 18.6. The molecule has 37 heavy (non-hydrogen) atoms. The van der Waals surface area contributed by atoms with E-state index in [0.29, 0.717) is 30.2 Å². The van der Waals surface area contributed by atoms with Crippen molar-refractivity contribution in [1.29, 1.82) is 0 Å². The number of benzene rings is 2. The molecule has 1 N–H and O–H groups in total. The van der Waals surface area contributed by atoms with Gasteiger partial charge in [0, 0.05) is 37.6 Å². The van der Waals surface area contributed by atoms with Gasteiger partial charge in [-0.3, -0.25) is 9.69 Å². The molecule has 2 aromatic heterocycles. The lowest BCUT2D eigenvalue weighted by Gasteiger charge is -2.40. The van der Waals surface area contributed by atoms with E-state index >= 15 is 0 Å². The molecule has 1 fully saturated rings. The highest BCUT2D eigenvalue weighted by molar-refractivity contribution is 5.47. The van der Waals surface area contributed by atoms with Gasteiger partial charge >= 0.3 is 0 Å². The van der Waals surface area contributed by atoms with Crippen molar-refractivity contribution in [3.8, 4) is 11.5 Å². The Labute approximate surface area is 217 Å². The molecule has 5 rings (SSSR count). The molecule has 0 spiro atoms. The van der Waals surface area contributed by atoms with E-state index in [9.17, 15) is 9.90 Å². The molecule has 1 atom stereocenters. The van der Waals surface area contributed by atoms with Crippen molar-refractivity contribution in [2.75, 3.05) is 37.7 Å².